The second kappa shape index (κ2) is 4.75. The number of benzene rings is 1. The number of nitrogens with zero attached hydrogens (tertiary/aromatic N) is 1. The van der Waals surface area contributed by atoms with Crippen LogP contribution in [0, 0.1) is 5.92 Å². The second-order valence-corrected chi connectivity index (χ2v) is 4.46. The number of carbonyl (C=O) groups is 2. The molecule has 90 valence electrons. The quantitative estimate of drug-likeness (QED) is 0.876. The highest BCUT2D eigenvalue weighted by molar-refractivity contribution is 6.33. The summed E-state index contributed by atoms with van der Waals surface area (Å²) in [5.41, 5.74) is 0.431. The fourth-order valence-corrected chi connectivity index (χ4v) is 2.17. The molecule has 1 aromatic carbocycles. The van der Waals surface area contributed by atoms with Gasteiger partial charge in [-0.05, 0) is 18.6 Å². The highest BCUT2D eigenvalue weighted by Crippen LogP contribution is 2.22. The summed E-state index contributed by atoms with van der Waals surface area (Å²) in [6, 6.07) is 6.80. The standard InChI is InChI=1S/C12H12ClNO3/c13-10-4-2-1-3-9(10)11(15)14-6-5-8(7-14)12(16)17/h1-4,8H,5-7H2,(H,16,17)/t8-/m0/s1. The molecule has 1 heterocycles. The van der Waals surface area contributed by atoms with E-state index in [1.165, 1.54) is 0 Å². The average Bonchev–Trinajstić information content (AvgIpc) is 2.78. The summed E-state index contributed by atoms with van der Waals surface area (Å²) in [6.45, 7) is 0.737. The van der Waals surface area contributed by atoms with Gasteiger partial charge < -0.3 is 10.0 Å². The number of aliphatic carboxylic acids is 1. The molecule has 1 fully saturated rings. The van der Waals surface area contributed by atoms with Crippen LogP contribution in [0.15, 0.2) is 24.3 Å². The predicted octanol–water partition coefficient (Wildman–Crippen LogP) is 1.89. The maximum absolute atomic E-state index is 12.1. The highest BCUT2D eigenvalue weighted by atomic mass is 35.5. The van der Waals surface area contributed by atoms with Gasteiger partial charge in [-0.15, -0.1) is 0 Å². The molecule has 4 nitrogen and oxygen atoms in total. The molecule has 0 spiro atoms. The Balaban J connectivity index is 2.13. The number of amides is 1. The number of hydrogen-bond donors (Lipinski definition) is 1. The molecule has 5 heteroatoms. The Morgan fingerprint density at radius 1 is 1.35 bits per heavy atom. The molecule has 0 radical (unpaired) electrons. The number of rotatable bonds is 2. The summed E-state index contributed by atoms with van der Waals surface area (Å²) in [4.78, 5) is 24.4. The van der Waals surface area contributed by atoms with Crippen LogP contribution < -0.4 is 0 Å². The number of carboxylic acids is 1. The van der Waals surface area contributed by atoms with E-state index in [1.807, 2.05) is 0 Å². The Morgan fingerprint density at radius 2 is 2.06 bits per heavy atom. The van der Waals surface area contributed by atoms with Gasteiger partial charge in [-0.3, -0.25) is 9.59 Å². The zero-order valence-electron chi connectivity index (χ0n) is 9.10. The van der Waals surface area contributed by atoms with E-state index in [0.29, 0.717) is 23.6 Å². The minimum Gasteiger partial charge on any atom is -0.481 e. The molecule has 1 aliphatic heterocycles. The third kappa shape index (κ3) is 2.42. The van der Waals surface area contributed by atoms with Crippen LogP contribution in [-0.4, -0.2) is 35.0 Å². The lowest BCUT2D eigenvalue weighted by atomic mass is 10.1. The van der Waals surface area contributed by atoms with Gasteiger partial charge in [-0.1, -0.05) is 23.7 Å². The third-order valence-corrected chi connectivity index (χ3v) is 3.26. The van der Waals surface area contributed by atoms with Crippen molar-refractivity contribution in [2.45, 2.75) is 6.42 Å². The number of halogens is 1. The van der Waals surface area contributed by atoms with Crippen molar-refractivity contribution in [2.75, 3.05) is 13.1 Å². The Hall–Kier alpha value is -1.55. The monoisotopic (exact) mass is 253 g/mol. The van der Waals surface area contributed by atoms with Gasteiger partial charge in [0, 0.05) is 13.1 Å². The van der Waals surface area contributed by atoms with E-state index < -0.39 is 11.9 Å². The zero-order chi connectivity index (χ0) is 12.4. The van der Waals surface area contributed by atoms with E-state index in [0.717, 1.165) is 0 Å². The van der Waals surface area contributed by atoms with Crippen LogP contribution in [0.4, 0.5) is 0 Å². The first-order chi connectivity index (χ1) is 8.09. The summed E-state index contributed by atoms with van der Waals surface area (Å²) in [5.74, 6) is -1.50. The normalized spacial score (nSPS) is 19.4. The summed E-state index contributed by atoms with van der Waals surface area (Å²) < 4.78 is 0. The van der Waals surface area contributed by atoms with E-state index in [9.17, 15) is 9.59 Å². The molecular formula is C12H12ClNO3. The van der Waals surface area contributed by atoms with Crippen molar-refractivity contribution in [3.8, 4) is 0 Å². The van der Waals surface area contributed by atoms with E-state index in [4.69, 9.17) is 16.7 Å². The van der Waals surface area contributed by atoms with Crippen LogP contribution in [0.1, 0.15) is 16.8 Å². The SMILES string of the molecule is O=C(O)[C@H]1CCN(C(=O)c2ccccc2Cl)C1. The van der Waals surface area contributed by atoms with Gasteiger partial charge in [-0.2, -0.15) is 0 Å². The molecular weight excluding hydrogens is 242 g/mol. The fourth-order valence-electron chi connectivity index (χ4n) is 1.95. The number of carboxylic acid groups (broad SMARTS) is 1. The summed E-state index contributed by atoms with van der Waals surface area (Å²) >= 11 is 5.93. The highest BCUT2D eigenvalue weighted by Gasteiger charge is 2.31. The van der Waals surface area contributed by atoms with Crippen molar-refractivity contribution in [2.24, 2.45) is 5.92 Å². The van der Waals surface area contributed by atoms with Crippen LogP contribution in [0.5, 0.6) is 0 Å². The first-order valence-electron chi connectivity index (χ1n) is 5.36. The second-order valence-electron chi connectivity index (χ2n) is 4.05. The molecule has 2 rings (SSSR count). The van der Waals surface area contributed by atoms with Gasteiger partial charge in [0.25, 0.3) is 5.91 Å². The predicted molar refractivity (Wildman–Crippen MR) is 63.1 cm³/mol. The maximum Gasteiger partial charge on any atom is 0.308 e. The minimum atomic E-state index is -0.848. The van der Waals surface area contributed by atoms with Gasteiger partial charge in [0.1, 0.15) is 0 Å². The maximum atomic E-state index is 12.1. The van der Waals surface area contributed by atoms with Gasteiger partial charge in [0.05, 0.1) is 16.5 Å². The summed E-state index contributed by atoms with van der Waals surface area (Å²) in [6.07, 6.45) is 0.505. The Bertz CT molecular complexity index is 461. The molecule has 1 aliphatic rings. The lowest BCUT2D eigenvalue weighted by molar-refractivity contribution is -0.141. The Morgan fingerprint density at radius 3 is 2.65 bits per heavy atom. The molecule has 1 atom stereocenters. The third-order valence-electron chi connectivity index (χ3n) is 2.93. The molecule has 0 aliphatic carbocycles. The number of carbonyl (C=O) groups excluding carboxylic acids is 1. The van der Waals surface area contributed by atoms with Gasteiger partial charge >= 0.3 is 5.97 Å². The van der Waals surface area contributed by atoms with Gasteiger partial charge in [-0.25, -0.2) is 0 Å². The van der Waals surface area contributed by atoms with Crippen LogP contribution in [0.3, 0.4) is 0 Å². The molecule has 1 amide bonds. The average molecular weight is 254 g/mol. The van der Waals surface area contributed by atoms with Crippen molar-refractivity contribution >= 4 is 23.5 Å². The Kier molecular flexibility index (Phi) is 3.33. The van der Waals surface area contributed by atoms with Crippen LogP contribution in [0.2, 0.25) is 5.02 Å². The van der Waals surface area contributed by atoms with Crippen LogP contribution in [-0.2, 0) is 4.79 Å². The Labute approximate surface area is 104 Å². The van der Waals surface area contributed by atoms with Crippen LogP contribution >= 0.6 is 11.6 Å². The first kappa shape index (κ1) is 11.9. The zero-order valence-corrected chi connectivity index (χ0v) is 9.85. The van der Waals surface area contributed by atoms with Gasteiger partial charge in [0.15, 0.2) is 0 Å². The largest absolute Gasteiger partial charge is 0.481 e. The molecule has 0 bridgehead atoms. The number of likely N-dealkylation sites (tertiary alicyclic amines) is 1. The molecule has 0 aromatic heterocycles. The van der Waals surface area contributed by atoms with E-state index in [-0.39, 0.29) is 12.5 Å². The lowest BCUT2D eigenvalue weighted by Crippen LogP contribution is -2.30. The first-order valence-corrected chi connectivity index (χ1v) is 5.74. The van der Waals surface area contributed by atoms with Gasteiger partial charge in [0.2, 0.25) is 0 Å². The molecule has 1 N–H and O–H groups in total. The van der Waals surface area contributed by atoms with Crippen molar-refractivity contribution in [3.63, 3.8) is 0 Å². The smallest absolute Gasteiger partial charge is 0.308 e. The van der Waals surface area contributed by atoms with E-state index in [1.54, 1.807) is 29.2 Å². The minimum absolute atomic E-state index is 0.195. The fraction of sp³-hybridized carbons (Fsp3) is 0.333. The molecule has 17 heavy (non-hydrogen) atoms. The van der Waals surface area contributed by atoms with Crippen LogP contribution in [0.25, 0.3) is 0 Å². The molecule has 1 saturated heterocycles. The number of hydrogen-bond acceptors (Lipinski definition) is 2. The molecule has 0 saturated carbocycles. The molecule has 0 unspecified atom stereocenters. The summed E-state index contributed by atoms with van der Waals surface area (Å²) in [5, 5.41) is 9.27. The van der Waals surface area contributed by atoms with E-state index >= 15 is 0 Å². The molecule has 1 aromatic rings. The van der Waals surface area contributed by atoms with Crippen molar-refractivity contribution < 1.29 is 14.7 Å². The topological polar surface area (TPSA) is 57.6 Å². The lowest BCUT2D eigenvalue weighted by Gasteiger charge is -2.16. The van der Waals surface area contributed by atoms with Crippen molar-refractivity contribution in [1.82, 2.24) is 4.90 Å². The van der Waals surface area contributed by atoms with Crippen molar-refractivity contribution in [1.29, 1.82) is 0 Å². The van der Waals surface area contributed by atoms with E-state index in [2.05, 4.69) is 0 Å². The summed E-state index contributed by atoms with van der Waals surface area (Å²) in [7, 11) is 0. The van der Waals surface area contributed by atoms with Crippen molar-refractivity contribution in [3.05, 3.63) is 34.9 Å².